The summed E-state index contributed by atoms with van der Waals surface area (Å²) in [6.07, 6.45) is 0.749. The van der Waals surface area contributed by atoms with Crippen molar-refractivity contribution in [1.82, 2.24) is 30.1 Å². The number of amides is 1. The maximum atomic E-state index is 14.0. The highest BCUT2D eigenvalue weighted by molar-refractivity contribution is 6.29. The Bertz CT molecular complexity index is 1620. The summed E-state index contributed by atoms with van der Waals surface area (Å²) in [5.41, 5.74) is 0.590. The molecule has 4 aromatic rings. The number of carbonyl (C=O) groups excluding carboxylic acids is 1. The fourth-order valence-corrected chi connectivity index (χ4v) is 5.62. The molecule has 0 unspecified atom stereocenters. The lowest BCUT2D eigenvalue weighted by molar-refractivity contribution is -0.139. The van der Waals surface area contributed by atoms with Gasteiger partial charge in [0, 0.05) is 37.4 Å². The summed E-state index contributed by atoms with van der Waals surface area (Å²) < 4.78 is 52.9. The zero-order valence-electron chi connectivity index (χ0n) is 24.5. The molecule has 0 spiro atoms. The molecular weight excluding hydrogens is 601 g/mol. The number of hydrogen-bond donors (Lipinski definition) is 2. The monoisotopic (exact) mass is 632 g/mol. The molecule has 234 valence electrons. The summed E-state index contributed by atoms with van der Waals surface area (Å²) in [6.45, 7) is 5.40. The molecule has 0 aliphatic heterocycles. The van der Waals surface area contributed by atoms with Crippen LogP contribution in [-0.2, 0) is 10.9 Å². The number of fused-ring (bicyclic) bond motifs is 1. The van der Waals surface area contributed by atoms with Crippen LogP contribution in [0.15, 0.2) is 30.5 Å². The first kappa shape index (κ1) is 31.4. The molecule has 0 radical (unpaired) electrons. The number of imidazole rings is 1. The maximum Gasteiger partial charge on any atom is 0.421 e. The van der Waals surface area contributed by atoms with Gasteiger partial charge in [-0.2, -0.15) is 18.2 Å². The van der Waals surface area contributed by atoms with Crippen molar-refractivity contribution in [2.75, 3.05) is 43.6 Å². The van der Waals surface area contributed by atoms with Crippen LogP contribution in [-0.4, -0.2) is 69.5 Å². The Balaban J connectivity index is 1.58. The fourth-order valence-electron chi connectivity index (χ4n) is 5.52. The number of hydrogen-bond acceptors (Lipinski definition) is 9. The third kappa shape index (κ3) is 6.86. The fraction of sp³-hybridized carbons (Fsp3) is 0.448. The smallest absolute Gasteiger partial charge is 0.421 e. The molecule has 1 fully saturated rings. The first-order valence-corrected chi connectivity index (χ1v) is 14.6. The molecule has 4 heterocycles. The van der Waals surface area contributed by atoms with E-state index in [1.165, 1.54) is 18.3 Å². The molecule has 5 rings (SSSR count). The Labute approximate surface area is 256 Å². The van der Waals surface area contributed by atoms with Crippen LogP contribution in [0.3, 0.4) is 0 Å². The number of aromatic nitrogens is 6. The van der Waals surface area contributed by atoms with E-state index in [1.54, 1.807) is 13.0 Å². The van der Waals surface area contributed by atoms with Gasteiger partial charge in [0.15, 0.2) is 16.5 Å². The Kier molecular flexibility index (Phi) is 9.20. The van der Waals surface area contributed by atoms with Gasteiger partial charge in [0.05, 0.1) is 24.6 Å². The SMILES string of the molecule is CCOCC1(CN(C)c2cc(-c3cnc(OCC)c(C(F)(F)F)c3)nc3nc(NC(=O)c4ccc(Cl)nn4)[nH]c23)CCCC1. The number of alkyl halides is 3. The predicted molar refractivity (Wildman–Crippen MR) is 159 cm³/mol. The third-order valence-corrected chi connectivity index (χ3v) is 7.73. The number of nitrogens with one attached hydrogen (secondary N) is 2. The summed E-state index contributed by atoms with van der Waals surface area (Å²) >= 11 is 5.78. The van der Waals surface area contributed by atoms with Gasteiger partial charge in [0.1, 0.15) is 11.1 Å². The zero-order chi connectivity index (χ0) is 31.5. The second-order valence-electron chi connectivity index (χ2n) is 10.7. The molecule has 0 aromatic carbocycles. The minimum absolute atomic E-state index is 0.0140. The van der Waals surface area contributed by atoms with Gasteiger partial charge in [-0.3, -0.25) is 10.1 Å². The average Bonchev–Trinajstić information content (AvgIpc) is 3.62. The van der Waals surface area contributed by atoms with E-state index < -0.39 is 23.5 Å². The van der Waals surface area contributed by atoms with Crippen LogP contribution in [0.1, 0.15) is 55.6 Å². The molecule has 1 aliphatic rings. The van der Waals surface area contributed by atoms with Crippen molar-refractivity contribution in [3.05, 3.63) is 46.9 Å². The Morgan fingerprint density at radius 1 is 1.14 bits per heavy atom. The highest BCUT2D eigenvalue weighted by Crippen LogP contribution is 2.42. The summed E-state index contributed by atoms with van der Waals surface area (Å²) in [5, 5.41) is 10.3. The van der Waals surface area contributed by atoms with Gasteiger partial charge in [0.25, 0.3) is 5.91 Å². The van der Waals surface area contributed by atoms with Crippen molar-refractivity contribution in [3.63, 3.8) is 0 Å². The van der Waals surface area contributed by atoms with Crippen LogP contribution < -0.4 is 15.0 Å². The topological polar surface area (TPSA) is 131 Å². The van der Waals surface area contributed by atoms with Crippen molar-refractivity contribution >= 4 is 40.3 Å². The van der Waals surface area contributed by atoms with Crippen LogP contribution >= 0.6 is 11.6 Å². The highest BCUT2D eigenvalue weighted by atomic mass is 35.5. The number of halogens is 4. The van der Waals surface area contributed by atoms with E-state index in [4.69, 9.17) is 21.1 Å². The van der Waals surface area contributed by atoms with Crippen LogP contribution in [0.4, 0.5) is 24.8 Å². The largest absolute Gasteiger partial charge is 0.478 e. The van der Waals surface area contributed by atoms with Crippen LogP contribution in [0, 0.1) is 5.41 Å². The molecule has 1 saturated carbocycles. The van der Waals surface area contributed by atoms with Crippen molar-refractivity contribution < 1.29 is 27.4 Å². The van der Waals surface area contributed by atoms with E-state index in [0.29, 0.717) is 31.0 Å². The van der Waals surface area contributed by atoms with E-state index in [-0.39, 0.29) is 45.7 Å². The maximum absolute atomic E-state index is 14.0. The molecule has 0 atom stereocenters. The number of nitrogens with zero attached hydrogens (tertiary/aromatic N) is 6. The third-order valence-electron chi connectivity index (χ3n) is 7.53. The molecule has 0 saturated heterocycles. The minimum atomic E-state index is -4.69. The summed E-state index contributed by atoms with van der Waals surface area (Å²) in [6, 6.07) is 5.51. The van der Waals surface area contributed by atoms with Gasteiger partial charge in [-0.15, -0.1) is 10.2 Å². The summed E-state index contributed by atoms with van der Waals surface area (Å²) in [7, 11) is 1.91. The minimum Gasteiger partial charge on any atom is -0.478 e. The molecule has 4 aromatic heterocycles. The van der Waals surface area contributed by atoms with Crippen LogP contribution in [0.5, 0.6) is 5.88 Å². The number of rotatable bonds is 11. The van der Waals surface area contributed by atoms with E-state index in [0.717, 1.165) is 31.7 Å². The number of carbonyl (C=O) groups is 1. The number of pyridine rings is 2. The molecule has 11 nitrogen and oxygen atoms in total. The van der Waals surface area contributed by atoms with Crippen molar-refractivity contribution in [3.8, 4) is 17.1 Å². The Hall–Kier alpha value is -4.04. The van der Waals surface area contributed by atoms with Crippen molar-refractivity contribution in [1.29, 1.82) is 0 Å². The first-order valence-electron chi connectivity index (χ1n) is 14.2. The highest BCUT2D eigenvalue weighted by Gasteiger charge is 2.37. The second kappa shape index (κ2) is 12.9. The van der Waals surface area contributed by atoms with Gasteiger partial charge < -0.3 is 19.4 Å². The molecular formula is C29H32ClF3N8O3. The van der Waals surface area contributed by atoms with Gasteiger partial charge in [-0.1, -0.05) is 24.4 Å². The van der Waals surface area contributed by atoms with Gasteiger partial charge in [-0.25, -0.2) is 9.97 Å². The number of H-pyrrole nitrogens is 1. The number of ether oxygens (including phenoxy) is 2. The molecule has 44 heavy (non-hydrogen) atoms. The lowest BCUT2D eigenvalue weighted by atomic mass is 9.86. The average molecular weight is 633 g/mol. The number of anilines is 2. The van der Waals surface area contributed by atoms with Gasteiger partial charge in [0.2, 0.25) is 11.8 Å². The van der Waals surface area contributed by atoms with Crippen LogP contribution in [0.2, 0.25) is 5.15 Å². The van der Waals surface area contributed by atoms with Crippen molar-refractivity contribution in [2.45, 2.75) is 45.7 Å². The number of aromatic amines is 1. The second-order valence-corrected chi connectivity index (χ2v) is 11.1. The normalized spacial score (nSPS) is 14.6. The Morgan fingerprint density at radius 3 is 2.57 bits per heavy atom. The lowest BCUT2D eigenvalue weighted by Crippen LogP contribution is -2.37. The Morgan fingerprint density at radius 2 is 1.91 bits per heavy atom. The summed E-state index contributed by atoms with van der Waals surface area (Å²) in [5.74, 6) is -1.02. The molecule has 2 N–H and O–H groups in total. The molecule has 1 aliphatic carbocycles. The summed E-state index contributed by atoms with van der Waals surface area (Å²) in [4.78, 5) is 30.9. The first-order chi connectivity index (χ1) is 21.0. The molecule has 15 heteroatoms. The van der Waals surface area contributed by atoms with E-state index in [9.17, 15) is 18.0 Å². The standard InChI is InChI=1S/C29H32ClF3N8O3/c1-4-43-16-28(10-6-7-11-28)15-41(3)21-13-20(17-12-18(29(31,32)33)26(34-14-17)44-5-2)35-24-23(21)36-27(37-24)38-25(42)19-8-9-22(30)40-39-19/h8-9,12-14H,4-7,10-11,15-16H2,1-3H3,(H2,35,36,37,38,42). The van der Waals surface area contributed by atoms with Crippen LogP contribution in [0.25, 0.3) is 22.4 Å². The van der Waals surface area contributed by atoms with Gasteiger partial charge in [-0.05, 0) is 51.0 Å². The van der Waals surface area contributed by atoms with Gasteiger partial charge >= 0.3 is 6.18 Å². The molecule has 1 amide bonds. The predicted octanol–water partition coefficient (Wildman–Crippen LogP) is 6.17. The quantitative estimate of drug-likeness (QED) is 0.199. The molecule has 0 bridgehead atoms. The zero-order valence-corrected chi connectivity index (χ0v) is 25.2. The van der Waals surface area contributed by atoms with E-state index in [1.807, 2.05) is 18.9 Å². The lowest BCUT2D eigenvalue weighted by Gasteiger charge is -2.34. The van der Waals surface area contributed by atoms with E-state index in [2.05, 4.69) is 35.5 Å². The van der Waals surface area contributed by atoms with Crippen molar-refractivity contribution in [2.24, 2.45) is 5.41 Å². The van der Waals surface area contributed by atoms with E-state index >= 15 is 0 Å².